The quantitative estimate of drug-likeness (QED) is 0.866. The van der Waals surface area contributed by atoms with Gasteiger partial charge in [-0.2, -0.15) is 5.26 Å². The fraction of sp³-hybridized carbons (Fsp3) is 0.667. The van der Waals surface area contributed by atoms with Gasteiger partial charge in [-0.15, -0.1) is 0 Å². The summed E-state index contributed by atoms with van der Waals surface area (Å²) in [6.45, 7) is 8.43. The number of nitrogens with one attached hydrogen (secondary N) is 1. The maximum atomic E-state index is 8.83. The van der Waals surface area contributed by atoms with Crippen LogP contribution in [0.2, 0.25) is 0 Å². The third-order valence-corrected chi connectivity index (χ3v) is 3.56. The molecule has 0 bridgehead atoms. The van der Waals surface area contributed by atoms with Crippen LogP contribution in [0.1, 0.15) is 45.6 Å². The summed E-state index contributed by atoms with van der Waals surface area (Å²) in [4.78, 5) is 0. The molecule has 1 aliphatic rings. The van der Waals surface area contributed by atoms with Crippen molar-refractivity contribution in [1.82, 2.24) is 9.88 Å². The zero-order valence-corrected chi connectivity index (χ0v) is 11.7. The molecule has 0 unspecified atom stereocenters. The van der Waals surface area contributed by atoms with E-state index in [0.717, 1.165) is 13.1 Å². The first-order valence-corrected chi connectivity index (χ1v) is 6.69. The predicted molar refractivity (Wildman–Crippen MR) is 72.9 cm³/mol. The van der Waals surface area contributed by atoms with Crippen molar-refractivity contribution in [2.75, 3.05) is 0 Å². The van der Waals surface area contributed by atoms with E-state index < -0.39 is 0 Å². The molecule has 0 amide bonds. The second kappa shape index (κ2) is 4.78. The molecule has 1 heterocycles. The van der Waals surface area contributed by atoms with Gasteiger partial charge in [-0.3, -0.25) is 0 Å². The molecule has 0 radical (unpaired) electrons. The molecule has 1 fully saturated rings. The first-order chi connectivity index (χ1) is 8.42. The minimum Gasteiger partial charge on any atom is -0.353 e. The Bertz CT molecular complexity index is 441. The number of rotatable bonds is 5. The molecule has 0 saturated heterocycles. The summed E-state index contributed by atoms with van der Waals surface area (Å²) in [5.74, 6) is 0. The Morgan fingerprint density at radius 1 is 1.44 bits per heavy atom. The van der Waals surface area contributed by atoms with Gasteiger partial charge in [-0.25, -0.2) is 0 Å². The highest BCUT2D eigenvalue weighted by Gasteiger charge is 2.42. The summed E-state index contributed by atoms with van der Waals surface area (Å²) in [7, 11) is 0. The van der Waals surface area contributed by atoms with Crippen molar-refractivity contribution in [2.24, 2.45) is 5.41 Å². The van der Waals surface area contributed by atoms with Crippen LogP contribution in [0.3, 0.4) is 0 Å². The molecule has 0 atom stereocenters. The van der Waals surface area contributed by atoms with Crippen LogP contribution >= 0.6 is 0 Å². The maximum absolute atomic E-state index is 8.83. The standard InChI is InChI=1S/C15H23N3/c1-14(2,3)17-10-13-4-9-18(11-13)12-15(5-6-15)7-8-16/h4,9,11,17H,5-7,10,12H2,1-3H3. The lowest BCUT2D eigenvalue weighted by molar-refractivity contribution is 0.420. The second-order valence-electron chi connectivity index (χ2n) is 6.63. The van der Waals surface area contributed by atoms with Crippen LogP contribution in [0.25, 0.3) is 0 Å². The Labute approximate surface area is 110 Å². The van der Waals surface area contributed by atoms with E-state index in [1.807, 2.05) is 0 Å². The lowest BCUT2D eigenvalue weighted by Gasteiger charge is -2.20. The largest absolute Gasteiger partial charge is 0.353 e. The molecular weight excluding hydrogens is 222 g/mol. The molecule has 18 heavy (non-hydrogen) atoms. The summed E-state index contributed by atoms with van der Waals surface area (Å²) in [5, 5.41) is 12.3. The fourth-order valence-electron chi connectivity index (χ4n) is 2.18. The van der Waals surface area contributed by atoms with Crippen molar-refractivity contribution in [1.29, 1.82) is 5.26 Å². The molecule has 0 spiro atoms. The molecule has 2 rings (SSSR count). The normalized spacial score (nSPS) is 17.4. The van der Waals surface area contributed by atoms with Gasteiger partial charge in [0, 0.05) is 42.9 Å². The van der Waals surface area contributed by atoms with Crippen molar-refractivity contribution in [3.05, 3.63) is 24.0 Å². The molecule has 0 aliphatic heterocycles. The zero-order valence-electron chi connectivity index (χ0n) is 11.7. The van der Waals surface area contributed by atoms with E-state index in [4.69, 9.17) is 5.26 Å². The van der Waals surface area contributed by atoms with Crippen LogP contribution in [0.4, 0.5) is 0 Å². The predicted octanol–water partition coefficient (Wildman–Crippen LogP) is 3.07. The molecule has 1 aromatic heterocycles. The summed E-state index contributed by atoms with van der Waals surface area (Å²) in [6.07, 6.45) is 7.44. The Kier molecular flexibility index (Phi) is 3.49. The van der Waals surface area contributed by atoms with Gasteiger partial charge in [0.1, 0.15) is 0 Å². The molecule has 3 heteroatoms. The minimum absolute atomic E-state index is 0.153. The van der Waals surface area contributed by atoms with Gasteiger partial charge >= 0.3 is 0 Å². The lowest BCUT2D eigenvalue weighted by atomic mass is 10.0. The Balaban J connectivity index is 1.89. The van der Waals surface area contributed by atoms with Crippen LogP contribution in [0.5, 0.6) is 0 Å². The fourth-order valence-corrected chi connectivity index (χ4v) is 2.18. The molecule has 3 nitrogen and oxygen atoms in total. The van der Waals surface area contributed by atoms with Gasteiger partial charge in [0.05, 0.1) is 6.07 Å². The number of nitrogens with zero attached hydrogens (tertiary/aromatic N) is 2. The molecule has 1 saturated carbocycles. The maximum Gasteiger partial charge on any atom is 0.0628 e. The van der Waals surface area contributed by atoms with Crippen molar-refractivity contribution < 1.29 is 0 Å². The van der Waals surface area contributed by atoms with Crippen molar-refractivity contribution in [2.45, 2.75) is 58.7 Å². The molecule has 0 aromatic carbocycles. The van der Waals surface area contributed by atoms with Crippen LogP contribution in [-0.4, -0.2) is 10.1 Å². The minimum atomic E-state index is 0.153. The summed E-state index contributed by atoms with van der Waals surface area (Å²) < 4.78 is 2.24. The van der Waals surface area contributed by atoms with Crippen LogP contribution in [0, 0.1) is 16.7 Å². The monoisotopic (exact) mass is 245 g/mol. The highest BCUT2D eigenvalue weighted by molar-refractivity contribution is 5.12. The number of nitriles is 1. The smallest absolute Gasteiger partial charge is 0.0628 e. The highest BCUT2D eigenvalue weighted by Crippen LogP contribution is 2.49. The third kappa shape index (κ3) is 3.61. The van der Waals surface area contributed by atoms with Crippen LogP contribution in [-0.2, 0) is 13.1 Å². The van der Waals surface area contributed by atoms with E-state index in [2.05, 4.69) is 55.2 Å². The SMILES string of the molecule is CC(C)(C)NCc1ccn(CC2(CC#N)CC2)c1. The first kappa shape index (κ1) is 13.2. The van der Waals surface area contributed by atoms with Gasteiger partial charge in [-0.1, -0.05) is 0 Å². The van der Waals surface area contributed by atoms with Gasteiger partial charge in [-0.05, 0) is 45.2 Å². The topological polar surface area (TPSA) is 40.8 Å². The van der Waals surface area contributed by atoms with Crippen LogP contribution in [0.15, 0.2) is 18.5 Å². The number of hydrogen-bond acceptors (Lipinski definition) is 2. The van der Waals surface area contributed by atoms with Gasteiger partial charge in [0.25, 0.3) is 0 Å². The van der Waals surface area contributed by atoms with E-state index in [0.29, 0.717) is 6.42 Å². The zero-order chi connectivity index (χ0) is 13.2. The summed E-state index contributed by atoms with van der Waals surface area (Å²) >= 11 is 0. The average Bonchev–Trinajstić information content (AvgIpc) is 2.86. The first-order valence-electron chi connectivity index (χ1n) is 6.69. The van der Waals surface area contributed by atoms with Crippen molar-refractivity contribution in [3.63, 3.8) is 0 Å². The van der Waals surface area contributed by atoms with Crippen LogP contribution < -0.4 is 5.32 Å². The Morgan fingerprint density at radius 3 is 2.72 bits per heavy atom. The number of hydrogen-bond donors (Lipinski definition) is 1. The molecule has 1 N–H and O–H groups in total. The molecule has 98 valence electrons. The molecule has 1 aliphatic carbocycles. The second-order valence-corrected chi connectivity index (χ2v) is 6.63. The number of aromatic nitrogens is 1. The average molecular weight is 245 g/mol. The van der Waals surface area contributed by atoms with E-state index in [1.165, 1.54) is 18.4 Å². The van der Waals surface area contributed by atoms with E-state index >= 15 is 0 Å². The van der Waals surface area contributed by atoms with E-state index in [-0.39, 0.29) is 11.0 Å². The summed E-state index contributed by atoms with van der Waals surface area (Å²) in [6, 6.07) is 4.48. The molecule has 1 aromatic rings. The van der Waals surface area contributed by atoms with E-state index in [9.17, 15) is 0 Å². The highest BCUT2D eigenvalue weighted by atomic mass is 15.0. The van der Waals surface area contributed by atoms with Crippen molar-refractivity contribution >= 4 is 0 Å². The van der Waals surface area contributed by atoms with Gasteiger partial charge < -0.3 is 9.88 Å². The van der Waals surface area contributed by atoms with Crippen molar-refractivity contribution in [3.8, 4) is 6.07 Å². The third-order valence-electron chi connectivity index (χ3n) is 3.56. The van der Waals surface area contributed by atoms with Gasteiger partial charge in [0.2, 0.25) is 0 Å². The Hall–Kier alpha value is -1.27. The van der Waals surface area contributed by atoms with E-state index in [1.54, 1.807) is 0 Å². The molecular formula is C15H23N3. The summed E-state index contributed by atoms with van der Waals surface area (Å²) in [5.41, 5.74) is 1.75. The van der Waals surface area contributed by atoms with Gasteiger partial charge in [0.15, 0.2) is 0 Å². The Morgan fingerprint density at radius 2 is 2.17 bits per heavy atom. The lowest BCUT2D eigenvalue weighted by Crippen LogP contribution is -2.34.